The molecule has 0 saturated carbocycles. The summed E-state index contributed by atoms with van der Waals surface area (Å²) in [7, 11) is 1.68. The first-order valence-electron chi connectivity index (χ1n) is 11.9. The van der Waals surface area contributed by atoms with E-state index in [0.717, 1.165) is 49.2 Å². The van der Waals surface area contributed by atoms with Gasteiger partial charge >= 0.3 is 12.1 Å². The van der Waals surface area contributed by atoms with Crippen molar-refractivity contribution in [3.05, 3.63) is 65.2 Å². The lowest BCUT2D eigenvalue weighted by Crippen LogP contribution is -2.44. The van der Waals surface area contributed by atoms with Crippen molar-refractivity contribution in [1.29, 1.82) is 0 Å². The van der Waals surface area contributed by atoms with Crippen LogP contribution in [0.3, 0.4) is 0 Å². The Bertz CT molecular complexity index is 928. The molecule has 2 N–H and O–H groups in total. The maximum atomic E-state index is 12.6. The summed E-state index contributed by atoms with van der Waals surface area (Å²) in [6.07, 6.45) is 2.63. The van der Waals surface area contributed by atoms with Crippen molar-refractivity contribution in [3.63, 3.8) is 0 Å². The Kier molecular flexibility index (Phi) is 8.79. The lowest BCUT2D eigenvalue weighted by molar-refractivity contribution is 0.0523. The monoisotopic (exact) mass is 467 g/mol. The number of benzene rings is 2. The smallest absolute Gasteiger partial charge is 0.407 e. The molecule has 1 saturated heterocycles. The normalized spacial score (nSPS) is 14.4. The first-order chi connectivity index (χ1) is 16.2. The lowest BCUT2D eigenvalue weighted by atomic mass is 9.90. The lowest BCUT2D eigenvalue weighted by Gasteiger charge is -2.32. The van der Waals surface area contributed by atoms with E-state index in [0.29, 0.717) is 19.0 Å². The van der Waals surface area contributed by atoms with Crippen LogP contribution in [-0.4, -0.2) is 42.8 Å². The fourth-order valence-electron chi connectivity index (χ4n) is 3.99. The van der Waals surface area contributed by atoms with Gasteiger partial charge in [0.15, 0.2) is 0 Å². The van der Waals surface area contributed by atoms with Gasteiger partial charge in [0, 0.05) is 26.2 Å². The Hall–Kier alpha value is -3.22. The van der Waals surface area contributed by atoms with Crippen molar-refractivity contribution in [2.75, 3.05) is 20.2 Å². The third-order valence-corrected chi connectivity index (χ3v) is 5.89. The summed E-state index contributed by atoms with van der Waals surface area (Å²) >= 11 is 0. The van der Waals surface area contributed by atoms with Crippen LogP contribution in [0.25, 0.3) is 0 Å². The highest BCUT2D eigenvalue weighted by molar-refractivity contribution is 5.74. The number of nitrogens with one attached hydrogen (secondary N) is 2. The zero-order valence-corrected chi connectivity index (χ0v) is 20.7. The van der Waals surface area contributed by atoms with Crippen molar-refractivity contribution in [3.8, 4) is 5.75 Å². The fourth-order valence-corrected chi connectivity index (χ4v) is 3.99. The second-order valence-corrected chi connectivity index (χ2v) is 9.81. The van der Waals surface area contributed by atoms with Crippen molar-refractivity contribution < 1.29 is 19.1 Å². The molecule has 0 bridgehead atoms. The van der Waals surface area contributed by atoms with Gasteiger partial charge in [0.25, 0.3) is 0 Å². The molecule has 1 heterocycles. The van der Waals surface area contributed by atoms with Gasteiger partial charge in [-0.15, -0.1) is 0 Å². The molecule has 7 nitrogen and oxygen atoms in total. The number of piperidine rings is 1. The molecule has 0 atom stereocenters. The van der Waals surface area contributed by atoms with Crippen molar-refractivity contribution in [1.82, 2.24) is 15.5 Å². The molecule has 2 aromatic rings. The predicted molar refractivity (Wildman–Crippen MR) is 133 cm³/mol. The summed E-state index contributed by atoms with van der Waals surface area (Å²) in [6, 6.07) is 16.1. The van der Waals surface area contributed by atoms with Gasteiger partial charge in [-0.25, -0.2) is 9.59 Å². The Morgan fingerprint density at radius 3 is 1.94 bits per heavy atom. The fraction of sp³-hybridized carbons (Fsp3) is 0.481. The molecule has 1 aliphatic heterocycles. The maximum Gasteiger partial charge on any atom is 0.407 e. The van der Waals surface area contributed by atoms with Gasteiger partial charge in [0.1, 0.15) is 11.4 Å². The molecule has 0 spiro atoms. The number of carbonyl (C=O) groups is 2. The number of nitrogens with zero attached hydrogens (tertiary/aromatic N) is 1. The molecule has 3 amide bonds. The van der Waals surface area contributed by atoms with E-state index < -0.39 is 11.7 Å². The standard InChI is InChI=1S/C27H37N3O4/c1-27(2,3)34-26(32)29-19-23-7-5-22(6-8-23)18-28-25(31)30-15-13-21(14-16-30)17-20-9-11-24(33-4)12-10-20/h5-12,21H,13-19H2,1-4H3,(H,28,31)(H,29,32). The second-order valence-electron chi connectivity index (χ2n) is 9.81. The summed E-state index contributed by atoms with van der Waals surface area (Å²) in [5, 5.41) is 5.77. The molecule has 7 heteroatoms. The zero-order valence-electron chi connectivity index (χ0n) is 20.7. The minimum Gasteiger partial charge on any atom is -0.497 e. The van der Waals surface area contributed by atoms with Crippen LogP contribution in [0.1, 0.15) is 50.3 Å². The average molecular weight is 468 g/mol. The van der Waals surface area contributed by atoms with Gasteiger partial charge in [0.2, 0.25) is 0 Å². The minimum absolute atomic E-state index is 0.0152. The Morgan fingerprint density at radius 2 is 1.41 bits per heavy atom. The maximum absolute atomic E-state index is 12.6. The predicted octanol–water partition coefficient (Wildman–Crippen LogP) is 4.88. The van der Waals surface area contributed by atoms with Gasteiger partial charge in [0.05, 0.1) is 7.11 Å². The number of alkyl carbamates (subject to hydrolysis) is 1. The van der Waals surface area contributed by atoms with E-state index >= 15 is 0 Å². The highest BCUT2D eigenvalue weighted by atomic mass is 16.6. The van der Waals surface area contributed by atoms with Crippen LogP contribution in [0, 0.1) is 5.92 Å². The van der Waals surface area contributed by atoms with E-state index in [2.05, 4.69) is 22.8 Å². The Morgan fingerprint density at radius 1 is 0.882 bits per heavy atom. The van der Waals surface area contributed by atoms with Crippen LogP contribution in [0.4, 0.5) is 9.59 Å². The third-order valence-electron chi connectivity index (χ3n) is 5.89. The molecule has 0 aromatic heterocycles. The molecule has 184 valence electrons. The quantitative estimate of drug-likeness (QED) is 0.608. The van der Waals surface area contributed by atoms with Crippen molar-refractivity contribution >= 4 is 12.1 Å². The van der Waals surface area contributed by atoms with Crippen LogP contribution in [0.2, 0.25) is 0 Å². The molecule has 2 aromatic carbocycles. The summed E-state index contributed by atoms with van der Waals surface area (Å²) in [5.41, 5.74) is 2.79. The minimum atomic E-state index is -0.516. The number of likely N-dealkylation sites (tertiary alicyclic amines) is 1. The number of hydrogen-bond acceptors (Lipinski definition) is 4. The Balaban J connectivity index is 1.36. The SMILES string of the molecule is COc1ccc(CC2CCN(C(=O)NCc3ccc(CNC(=O)OC(C)(C)C)cc3)CC2)cc1. The molecule has 0 aliphatic carbocycles. The molecule has 34 heavy (non-hydrogen) atoms. The van der Waals surface area contributed by atoms with Crippen LogP contribution >= 0.6 is 0 Å². The van der Waals surface area contributed by atoms with Crippen molar-refractivity contribution in [2.24, 2.45) is 5.92 Å². The number of hydrogen-bond donors (Lipinski definition) is 2. The van der Waals surface area contributed by atoms with E-state index in [4.69, 9.17) is 9.47 Å². The van der Waals surface area contributed by atoms with Crippen LogP contribution < -0.4 is 15.4 Å². The molecular weight excluding hydrogens is 430 g/mol. The van der Waals surface area contributed by atoms with E-state index in [1.165, 1.54) is 5.56 Å². The molecule has 1 fully saturated rings. The summed E-state index contributed by atoms with van der Waals surface area (Å²) in [6.45, 7) is 7.93. The molecule has 0 radical (unpaired) electrons. The topological polar surface area (TPSA) is 79.9 Å². The number of amides is 3. The first-order valence-corrected chi connectivity index (χ1v) is 11.9. The van der Waals surface area contributed by atoms with E-state index in [1.54, 1.807) is 7.11 Å². The Labute approximate surface area is 202 Å². The van der Waals surface area contributed by atoms with Crippen molar-refractivity contribution in [2.45, 2.75) is 58.7 Å². The first kappa shape index (κ1) is 25.4. The molecule has 1 aliphatic rings. The van der Waals surface area contributed by atoms with E-state index in [9.17, 15) is 9.59 Å². The number of urea groups is 1. The van der Waals surface area contributed by atoms with Crippen LogP contribution in [0.15, 0.2) is 48.5 Å². The number of carbonyl (C=O) groups excluding carboxylic acids is 2. The van der Waals surface area contributed by atoms with Gasteiger partial charge in [-0.05, 0) is 74.8 Å². The molecule has 0 unspecified atom stereocenters. The van der Waals surface area contributed by atoms with E-state index in [-0.39, 0.29) is 6.03 Å². The van der Waals surface area contributed by atoms with Gasteiger partial charge in [-0.3, -0.25) is 0 Å². The molecular formula is C27H37N3O4. The summed E-state index contributed by atoms with van der Waals surface area (Å²) < 4.78 is 10.5. The van der Waals surface area contributed by atoms with Crippen LogP contribution in [0.5, 0.6) is 5.75 Å². The van der Waals surface area contributed by atoms with Gasteiger partial charge in [-0.1, -0.05) is 36.4 Å². The number of ether oxygens (including phenoxy) is 2. The third kappa shape index (κ3) is 8.28. The number of methoxy groups -OCH3 is 1. The second kappa shape index (κ2) is 11.8. The summed E-state index contributed by atoms with van der Waals surface area (Å²) in [4.78, 5) is 26.3. The average Bonchev–Trinajstić information content (AvgIpc) is 2.82. The van der Waals surface area contributed by atoms with Gasteiger partial charge in [-0.2, -0.15) is 0 Å². The number of rotatable bonds is 7. The highest BCUT2D eigenvalue weighted by Crippen LogP contribution is 2.23. The van der Waals surface area contributed by atoms with Crippen LogP contribution in [-0.2, 0) is 24.2 Å². The molecule has 3 rings (SSSR count). The largest absolute Gasteiger partial charge is 0.497 e. The summed E-state index contributed by atoms with van der Waals surface area (Å²) in [5.74, 6) is 1.47. The highest BCUT2D eigenvalue weighted by Gasteiger charge is 2.23. The van der Waals surface area contributed by atoms with E-state index in [1.807, 2.05) is 62.1 Å². The zero-order chi connectivity index (χ0) is 24.6. The van der Waals surface area contributed by atoms with Gasteiger partial charge < -0.3 is 25.0 Å².